The molecule has 1 fully saturated rings. The predicted octanol–water partition coefficient (Wildman–Crippen LogP) is 2.61. The quantitative estimate of drug-likeness (QED) is 0.647. The van der Waals surface area contributed by atoms with Gasteiger partial charge in [0.15, 0.2) is 11.4 Å². The topological polar surface area (TPSA) is 85.3 Å². The molecule has 0 spiro atoms. The second kappa shape index (κ2) is 7.09. The number of morpholine rings is 1. The molecule has 2 aromatic heterocycles. The normalized spacial score (nSPS) is 15.2. The van der Waals surface area contributed by atoms with Crippen molar-refractivity contribution in [1.82, 2.24) is 19.7 Å². The van der Waals surface area contributed by atoms with Crippen LogP contribution in [-0.2, 0) is 4.74 Å². The van der Waals surface area contributed by atoms with Crippen molar-refractivity contribution in [2.45, 2.75) is 6.36 Å². The summed E-state index contributed by atoms with van der Waals surface area (Å²) < 4.78 is 49.1. The number of nitrogens with zero attached hydrogens (tertiary/aromatic N) is 4. The largest absolute Gasteiger partial charge is 0.573 e. The minimum Gasteiger partial charge on any atom is -0.403 e. The molecular formula is C16H13BrF3N5O3. The van der Waals surface area contributed by atoms with Gasteiger partial charge in [-0.05, 0) is 18.2 Å². The number of nitrogens with one attached hydrogen (secondary N) is 1. The Hall–Kier alpha value is -2.60. The van der Waals surface area contributed by atoms with E-state index in [-0.39, 0.29) is 16.7 Å². The molecule has 0 radical (unpaired) electrons. The van der Waals surface area contributed by atoms with E-state index in [1.54, 1.807) is 6.07 Å². The summed E-state index contributed by atoms with van der Waals surface area (Å²) >= 11 is 3.12. The first-order chi connectivity index (χ1) is 13.3. The van der Waals surface area contributed by atoms with Crippen molar-refractivity contribution < 1.29 is 22.6 Å². The summed E-state index contributed by atoms with van der Waals surface area (Å²) in [5.74, 6) is -0.117. The van der Waals surface area contributed by atoms with E-state index in [2.05, 4.69) is 35.7 Å². The van der Waals surface area contributed by atoms with Crippen LogP contribution >= 0.6 is 15.9 Å². The number of fused-ring (bicyclic) bond motifs is 1. The Labute approximate surface area is 164 Å². The van der Waals surface area contributed by atoms with Gasteiger partial charge in [0, 0.05) is 23.8 Å². The molecule has 0 atom stereocenters. The summed E-state index contributed by atoms with van der Waals surface area (Å²) in [6.45, 7) is 2.14. The van der Waals surface area contributed by atoms with Gasteiger partial charge in [-0.15, -0.1) is 18.3 Å². The Bertz CT molecular complexity index is 1080. The van der Waals surface area contributed by atoms with Gasteiger partial charge in [0.1, 0.15) is 11.1 Å². The highest BCUT2D eigenvalue weighted by molar-refractivity contribution is 9.10. The zero-order chi connectivity index (χ0) is 19.9. The predicted molar refractivity (Wildman–Crippen MR) is 96.9 cm³/mol. The number of halogens is 4. The first-order valence-electron chi connectivity index (χ1n) is 8.18. The van der Waals surface area contributed by atoms with Crippen molar-refractivity contribution in [2.75, 3.05) is 31.2 Å². The molecule has 28 heavy (non-hydrogen) atoms. The Morgan fingerprint density at radius 1 is 1.25 bits per heavy atom. The fourth-order valence-electron chi connectivity index (χ4n) is 2.84. The van der Waals surface area contributed by atoms with Crippen LogP contribution in [0.1, 0.15) is 0 Å². The molecule has 3 heterocycles. The SMILES string of the molecule is O=c1[nH]c(N2CCOCC2)nc2nn(-c3ccc(Br)cc3OC(F)(F)F)cc12. The number of ether oxygens (including phenoxy) is 2. The van der Waals surface area contributed by atoms with E-state index >= 15 is 0 Å². The Morgan fingerprint density at radius 2 is 2.00 bits per heavy atom. The van der Waals surface area contributed by atoms with Gasteiger partial charge in [0.2, 0.25) is 5.95 Å². The standard InChI is InChI=1S/C16H13BrF3N5O3/c17-9-1-2-11(12(7-9)28-16(18,19)20)25-8-10-13(23-25)21-15(22-14(10)26)24-3-5-27-6-4-24/h1-2,7-8H,3-6H2,(H,21,22,23,26). The smallest absolute Gasteiger partial charge is 0.403 e. The number of hydrogen-bond acceptors (Lipinski definition) is 6. The number of hydrogen-bond donors (Lipinski definition) is 1. The lowest BCUT2D eigenvalue weighted by atomic mass is 10.3. The van der Waals surface area contributed by atoms with Crippen LogP contribution in [0.15, 0.2) is 33.7 Å². The maximum atomic E-state index is 12.7. The van der Waals surface area contributed by atoms with E-state index in [4.69, 9.17) is 4.74 Å². The van der Waals surface area contributed by atoms with Crippen molar-refractivity contribution in [2.24, 2.45) is 0 Å². The molecule has 148 valence electrons. The average Bonchev–Trinajstić information content (AvgIpc) is 3.05. The number of alkyl halides is 3. The first kappa shape index (κ1) is 18.7. The van der Waals surface area contributed by atoms with Gasteiger partial charge in [-0.1, -0.05) is 15.9 Å². The van der Waals surface area contributed by atoms with E-state index in [9.17, 15) is 18.0 Å². The van der Waals surface area contributed by atoms with Crippen LogP contribution < -0.4 is 15.2 Å². The zero-order valence-corrected chi connectivity index (χ0v) is 15.7. The minimum atomic E-state index is -4.87. The van der Waals surface area contributed by atoms with Crippen molar-refractivity contribution in [3.63, 3.8) is 0 Å². The molecule has 8 nitrogen and oxygen atoms in total. The molecule has 1 aliphatic heterocycles. The molecule has 12 heteroatoms. The van der Waals surface area contributed by atoms with Gasteiger partial charge in [-0.2, -0.15) is 4.98 Å². The van der Waals surface area contributed by atoms with Crippen LogP contribution in [0.25, 0.3) is 16.7 Å². The van der Waals surface area contributed by atoms with E-state index < -0.39 is 17.7 Å². The highest BCUT2D eigenvalue weighted by Gasteiger charge is 2.32. The molecule has 1 saturated heterocycles. The van der Waals surface area contributed by atoms with E-state index in [1.807, 2.05) is 4.90 Å². The second-order valence-electron chi connectivity index (χ2n) is 5.96. The number of benzene rings is 1. The number of aromatic nitrogens is 4. The molecule has 1 aromatic carbocycles. The van der Waals surface area contributed by atoms with Gasteiger partial charge >= 0.3 is 6.36 Å². The first-order valence-corrected chi connectivity index (χ1v) is 8.97. The fraction of sp³-hybridized carbons (Fsp3) is 0.312. The molecule has 0 bridgehead atoms. The Morgan fingerprint density at radius 3 is 2.71 bits per heavy atom. The van der Waals surface area contributed by atoms with E-state index in [0.717, 1.165) is 4.68 Å². The van der Waals surface area contributed by atoms with Crippen LogP contribution in [0, 0.1) is 0 Å². The van der Waals surface area contributed by atoms with Crippen LogP contribution in [-0.4, -0.2) is 52.4 Å². The highest BCUT2D eigenvalue weighted by atomic mass is 79.9. The average molecular weight is 460 g/mol. The molecule has 3 aromatic rings. The minimum absolute atomic E-state index is 0.0193. The lowest BCUT2D eigenvalue weighted by molar-refractivity contribution is -0.274. The number of H-pyrrole nitrogens is 1. The molecule has 1 aliphatic rings. The van der Waals surface area contributed by atoms with Gasteiger partial charge in [-0.3, -0.25) is 9.78 Å². The lowest BCUT2D eigenvalue weighted by Gasteiger charge is -2.26. The third kappa shape index (κ3) is 3.83. The van der Waals surface area contributed by atoms with Gasteiger partial charge in [0.05, 0.1) is 13.2 Å². The molecule has 0 saturated carbocycles. The zero-order valence-electron chi connectivity index (χ0n) is 14.2. The third-order valence-corrected chi connectivity index (χ3v) is 4.57. The number of aromatic amines is 1. The monoisotopic (exact) mass is 459 g/mol. The van der Waals surface area contributed by atoms with Gasteiger partial charge < -0.3 is 14.4 Å². The summed E-state index contributed by atoms with van der Waals surface area (Å²) in [6, 6.07) is 4.11. The number of anilines is 1. The lowest BCUT2D eigenvalue weighted by Crippen LogP contribution is -2.38. The summed E-state index contributed by atoms with van der Waals surface area (Å²) in [4.78, 5) is 21.3. The molecule has 0 unspecified atom stereocenters. The van der Waals surface area contributed by atoms with Crippen molar-refractivity contribution in [3.05, 3.63) is 39.2 Å². The number of rotatable bonds is 3. The molecule has 4 rings (SSSR count). The molecular weight excluding hydrogens is 447 g/mol. The summed E-state index contributed by atoms with van der Waals surface area (Å²) in [5, 5.41) is 4.34. The van der Waals surface area contributed by atoms with Crippen LogP contribution in [0.4, 0.5) is 19.1 Å². The van der Waals surface area contributed by atoms with Crippen molar-refractivity contribution >= 4 is 32.9 Å². The molecule has 0 aliphatic carbocycles. The second-order valence-corrected chi connectivity index (χ2v) is 6.88. The molecule has 0 amide bonds. The Kier molecular flexibility index (Phi) is 4.75. The van der Waals surface area contributed by atoms with Gasteiger partial charge in [0.25, 0.3) is 5.56 Å². The van der Waals surface area contributed by atoms with Crippen molar-refractivity contribution in [3.8, 4) is 11.4 Å². The Balaban J connectivity index is 1.78. The van der Waals surface area contributed by atoms with Crippen LogP contribution in [0.5, 0.6) is 5.75 Å². The summed E-state index contributed by atoms with van der Waals surface area (Å²) in [5.41, 5.74) is -0.301. The third-order valence-electron chi connectivity index (χ3n) is 4.08. The maximum Gasteiger partial charge on any atom is 0.573 e. The van der Waals surface area contributed by atoms with E-state index in [1.165, 1.54) is 18.3 Å². The van der Waals surface area contributed by atoms with E-state index in [0.29, 0.717) is 36.7 Å². The summed E-state index contributed by atoms with van der Waals surface area (Å²) in [7, 11) is 0. The van der Waals surface area contributed by atoms with Crippen molar-refractivity contribution in [1.29, 1.82) is 0 Å². The summed E-state index contributed by atoms with van der Waals surface area (Å²) in [6.07, 6.45) is -3.56. The molecule has 1 N–H and O–H groups in total. The van der Waals surface area contributed by atoms with Crippen LogP contribution in [0.3, 0.4) is 0 Å². The van der Waals surface area contributed by atoms with Gasteiger partial charge in [-0.25, -0.2) is 4.68 Å². The maximum absolute atomic E-state index is 12.7. The van der Waals surface area contributed by atoms with Crippen LogP contribution in [0.2, 0.25) is 0 Å². The fourth-order valence-corrected chi connectivity index (χ4v) is 3.18. The highest BCUT2D eigenvalue weighted by Crippen LogP contribution is 2.32.